The van der Waals surface area contributed by atoms with Gasteiger partial charge in [0.2, 0.25) is 0 Å². The van der Waals surface area contributed by atoms with Crippen LogP contribution in [0.3, 0.4) is 0 Å². The Labute approximate surface area is 114 Å². The van der Waals surface area contributed by atoms with Gasteiger partial charge in [0.15, 0.2) is 0 Å². The molecule has 102 valence electrons. The number of hydrogen-bond donors (Lipinski definition) is 1. The standard InChI is InChI=1S/C15H21N3O/c1-12(2)17-10-11-18(15(17)19)14-7-5-13(6-8-14)4-3-9-16/h3-8,12H,9-11,16H2,1-2H3/b4-3+. The summed E-state index contributed by atoms with van der Waals surface area (Å²) in [4.78, 5) is 15.9. The lowest BCUT2D eigenvalue weighted by molar-refractivity contribution is 0.209. The molecule has 0 bridgehead atoms. The minimum Gasteiger partial charge on any atom is -0.327 e. The quantitative estimate of drug-likeness (QED) is 0.902. The molecular weight excluding hydrogens is 238 g/mol. The van der Waals surface area contributed by atoms with Crippen LogP contribution in [0.1, 0.15) is 19.4 Å². The fourth-order valence-electron chi connectivity index (χ4n) is 2.24. The van der Waals surface area contributed by atoms with Crippen molar-refractivity contribution < 1.29 is 4.79 Å². The van der Waals surface area contributed by atoms with Gasteiger partial charge in [0.25, 0.3) is 0 Å². The molecule has 4 nitrogen and oxygen atoms in total. The van der Waals surface area contributed by atoms with Crippen LogP contribution in [0.15, 0.2) is 30.3 Å². The lowest BCUT2D eigenvalue weighted by Crippen LogP contribution is -2.36. The zero-order valence-electron chi connectivity index (χ0n) is 11.5. The molecule has 1 heterocycles. The number of carbonyl (C=O) groups is 1. The maximum Gasteiger partial charge on any atom is 0.324 e. The van der Waals surface area contributed by atoms with Crippen LogP contribution in [0.2, 0.25) is 0 Å². The molecule has 1 aliphatic heterocycles. The number of anilines is 1. The molecular formula is C15H21N3O. The van der Waals surface area contributed by atoms with E-state index in [0.29, 0.717) is 6.54 Å². The Morgan fingerprint density at radius 3 is 2.47 bits per heavy atom. The summed E-state index contributed by atoms with van der Waals surface area (Å²) >= 11 is 0. The Kier molecular flexibility index (Phi) is 4.22. The lowest BCUT2D eigenvalue weighted by Gasteiger charge is -2.21. The molecule has 0 aliphatic carbocycles. The molecule has 2 N–H and O–H groups in total. The van der Waals surface area contributed by atoms with Gasteiger partial charge in [-0.2, -0.15) is 0 Å². The minimum absolute atomic E-state index is 0.0975. The first-order valence-electron chi connectivity index (χ1n) is 6.68. The van der Waals surface area contributed by atoms with Crippen LogP contribution < -0.4 is 10.6 Å². The van der Waals surface area contributed by atoms with Crippen molar-refractivity contribution in [1.29, 1.82) is 0 Å². The molecule has 0 aromatic heterocycles. The van der Waals surface area contributed by atoms with E-state index in [0.717, 1.165) is 24.3 Å². The third-order valence-corrected chi connectivity index (χ3v) is 3.32. The average molecular weight is 259 g/mol. The van der Waals surface area contributed by atoms with Gasteiger partial charge in [-0.25, -0.2) is 4.79 Å². The first-order chi connectivity index (χ1) is 9.13. The van der Waals surface area contributed by atoms with Gasteiger partial charge in [0, 0.05) is 31.4 Å². The van der Waals surface area contributed by atoms with Crippen molar-refractivity contribution >= 4 is 17.8 Å². The smallest absolute Gasteiger partial charge is 0.324 e. The molecule has 1 aromatic rings. The fraction of sp³-hybridized carbons (Fsp3) is 0.400. The molecule has 4 heteroatoms. The Morgan fingerprint density at radius 2 is 1.95 bits per heavy atom. The van der Waals surface area contributed by atoms with Gasteiger partial charge in [0.1, 0.15) is 0 Å². The number of nitrogens with zero attached hydrogens (tertiary/aromatic N) is 2. The number of rotatable bonds is 4. The number of benzene rings is 1. The molecule has 0 saturated carbocycles. The van der Waals surface area contributed by atoms with Crippen molar-refractivity contribution in [3.8, 4) is 0 Å². The molecule has 1 saturated heterocycles. The van der Waals surface area contributed by atoms with Crippen molar-refractivity contribution in [3.05, 3.63) is 35.9 Å². The minimum atomic E-state index is 0.0975. The molecule has 0 unspecified atom stereocenters. The highest BCUT2D eigenvalue weighted by Gasteiger charge is 2.30. The van der Waals surface area contributed by atoms with Gasteiger partial charge < -0.3 is 10.6 Å². The summed E-state index contributed by atoms with van der Waals surface area (Å²) in [5, 5.41) is 0. The largest absolute Gasteiger partial charge is 0.327 e. The third-order valence-electron chi connectivity index (χ3n) is 3.32. The third kappa shape index (κ3) is 2.96. The molecule has 2 amide bonds. The van der Waals surface area contributed by atoms with Crippen molar-refractivity contribution in [2.75, 3.05) is 24.5 Å². The van der Waals surface area contributed by atoms with Gasteiger partial charge >= 0.3 is 6.03 Å². The van der Waals surface area contributed by atoms with Gasteiger partial charge in [0.05, 0.1) is 0 Å². The Balaban J connectivity index is 2.11. The van der Waals surface area contributed by atoms with Crippen LogP contribution in [-0.2, 0) is 0 Å². The summed E-state index contributed by atoms with van der Waals surface area (Å²) in [6.07, 6.45) is 3.90. The monoisotopic (exact) mass is 259 g/mol. The van der Waals surface area contributed by atoms with Gasteiger partial charge in [-0.05, 0) is 31.5 Å². The van der Waals surface area contributed by atoms with E-state index in [9.17, 15) is 4.79 Å². The maximum absolute atomic E-state index is 12.2. The first kappa shape index (κ1) is 13.6. The Bertz CT molecular complexity index is 465. The first-order valence-corrected chi connectivity index (χ1v) is 6.68. The van der Waals surface area contributed by atoms with Crippen LogP contribution in [0.4, 0.5) is 10.5 Å². The number of hydrogen-bond acceptors (Lipinski definition) is 2. The number of nitrogens with two attached hydrogens (primary N) is 1. The van der Waals surface area contributed by atoms with Crippen LogP contribution in [0, 0.1) is 0 Å². The highest BCUT2D eigenvalue weighted by atomic mass is 16.2. The topological polar surface area (TPSA) is 49.6 Å². The highest BCUT2D eigenvalue weighted by molar-refractivity contribution is 5.94. The molecule has 2 rings (SSSR count). The number of amides is 2. The normalized spacial score (nSPS) is 16.1. The van der Waals surface area contributed by atoms with E-state index in [1.165, 1.54) is 0 Å². The van der Waals surface area contributed by atoms with E-state index < -0.39 is 0 Å². The van der Waals surface area contributed by atoms with Crippen molar-refractivity contribution in [1.82, 2.24) is 4.90 Å². The second kappa shape index (κ2) is 5.89. The summed E-state index contributed by atoms with van der Waals surface area (Å²) in [5.41, 5.74) is 7.48. The van der Waals surface area contributed by atoms with E-state index >= 15 is 0 Å². The number of urea groups is 1. The van der Waals surface area contributed by atoms with Crippen molar-refractivity contribution in [3.63, 3.8) is 0 Å². The molecule has 0 atom stereocenters. The summed E-state index contributed by atoms with van der Waals surface area (Å²) in [6.45, 7) is 6.18. The van der Waals surface area contributed by atoms with E-state index in [-0.39, 0.29) is 12.1 Å². The van der Waals surface area contributed by atoms with Crippen LogP contribution >= 0.6 is 0 Å². The summed E-state index contributed by atoms with van der Waals surface area (Å²) in [6, 6.07) is 8.33. The highest BCUT2D eigenvalue weighted by Crippen LogP contribution is 2.22. The molecule has 1 fully saturated rings. The van der Waals surface area contributed by atoms with Crippen molar-refractivity contribution in [2.45, 2.75) is 19.9 Å². The summed E-state index contributed by atoms with van der Waals surface area (Å²) in [7, 11) is 0. The maximum atomic E-state index is 12.2. The second-order valence-electron chi connectivity index (χ2n) is 4.95. The Morgan fingerprint density at radius 1 is 1.26 bits per heavy atom. The Hall–Kier alpha value is -1.81. The molecule has 0 spiro atoms. The second-order valence-corrected chi connectivity index (χ2v) is 4.95. The molecule has 0 radical (unpaired) electrons. The summed E-state index contributed by atoms with van der Waals surface area (Å²) < 4.78 is 0. The average Bonchev–Trinajstić information content (AvgIpc) is 2.79. The SMILES string of the molecule is CC(C)N1CCN(c2ccc(/C=C/CN)cc2)C1=O. The lowest BCUT2D eigenvalue weighted by atomic mass is 10.2. The van der Waals surface area contributed by atoms with E-state index in [1.54, 1.807) is 0 Å². The van der Waals surface area contributed by atoms with Crippen LogP contribution in [0.5, 0.6) is 0 Å². The van der Waals surface area contributed by atoms with E-state index in [1.807, 2.05) is 60.1 Å². The van der Waals surface area contributed by atoms with Gasteiger partial charge in [-0.1, -0.05) is 24.3 Å². The predicted octanol–water partition coefficient (Wildman–Crippen LogP) is 2.31. The van der Waals surface area contributed by atoms with E-state index in [4.69, 9.17) is 5.73 Å². The van der Waals surface area contributed by atoms with Crippen LogP contribution in [-0.4, -0.2) is 36.6 Å². The van der Waals surface area contributed by atoms with Gasteiger partial charge in [-0.15, -0.1) is 0 Å². The summed E-state index contributed by atoms with van der Waals surface area (Å²) in [5.74, 6) is 0. The van der Waals surface area contributed by atoms with Crippen LogP contribution in [0.25, 0.3) is 6.08 Å². The predicted molar refractivity (Wildman–Crippen MR) is 79.1 cm³/mol. The van der Waals surface area contributed by atoms with Crippen molar-refractivity contribution in [2.24, 2.45) is 5.73 Å². The molecule has 1 aliphatic rings. The zero-order chi connectivity index (χ0) is 13.8. The number of carbonyl (C=O) groups excluding carboxylic acids is 1. The molecule has 19 heavy (non-hydrogen) atoms. The van der Waals surface area contributed by atoms with E-state index in [2.05, 4.69) is 0 Å². The zero-order valence-corrected chi connectivity index (χ0v) is 11.5. The molecule has 1 aromatic carbocycles. The fourth-order valence-corrected chi connectivity index (χ4v) is 2.24. The van der Waals surface area contributed by atoms with Gasteiger partial charge in [-0.3, -0.25) is 4.90 Å².